The van der Waals surface area contributed by atoms with Crippen LogP contribution in [0.25, 0.3) is 0 Å². The summed E-state index contributed by atoms with van der Waals surface area (Å²) in [5.74, 6) is 1.05. The van der Waals surface area contributed by atoms with E-state index < -0.39 is 5.97 Å². The average Bonchev–Trinajstić information content (AvgIpc) is 3.25. The van der Waals surface area contributed by atoms with Crippen LogP contribution >= 0.6 is 11.8 Å². The van der Waals surface area contributed by atoms with Crippen LogP contribution in [0.1, 0.15) is 44.9 Å². The summed E-state index contributed by atoms with van der Waals surface area (Å²) in [6.45, 7) is 1.23. The van der Waals surface area contributed by atoms with Crippen LogP contribution in [0.2, 0.25) is 0 Å². The van der Waals surface area contributed by atoms with Gasteiger partial charge in [-0.25, -0.2) is 0 Å². The molecule has 0 aromatic carbocycles. The zero-order chi connectivity index (χ0) is 17.1. The molecular formula is C17H26N2O4S. The number of amides is 2. The molecule has 2 amide bonds. The van der Waals surface area contributed by atoms with Crippen LogP contribution in [-0.2, 0) is 14.4 Å². The van der Waals surface area contributed by atoms with Gasteiger partial charge >= 0.3 is 5.97 Å². The van der Waals surface area contributed by atoms with E-state index in [0.29, 0.717) is 24.7 Å². The first-order valence-corrected chi connectivity index (χ1v) is 10.1. The van der Waals surface area contributed by atoms with Gasteiger partial charge in [0.25, 0.3) is 0 Å². The molecule has 24 heavy (non-hydrogen) atoms. The SMILES string of the molecule is O=C(O)CC1CCN(C(=O)C2CSCN2C(=O)C2CCCC2)CC1. The molecule has 7 heteroatoms. The van der Waals surface area contributed by atoms with E-state index in [1.165, 1.54) is 0 Å². The third kappa shape index (κ3) is 3.87. The summed E-state index contributed by atoms with van der Waals surface area (Å²) < 4.78 is 0. The van der Waals surface area contributed by atoms with Crippen molar-refractivity contribution in [2.45, 2.75) is 51.0 Å². The average molecular weight is 354 g/mol. The number of thioether (sulfide) groups is 1. The molecule has 2 saturated heterocycles. The van der Waals surface area contributed by atoms with Crippen molar-refractivity contribution >= 4 is 29.5 Å². The van der Waals surface area contributed by atoms with Gasteiger partial charge in [0.05, 0.1) is 5.88 Å². The molecule has 3 aliphatic rings. The van der Waals surface area contributed by atoms with Crippen LogP contribution in [0, 0.1) is 11.8 Å². The summed E-state index contributed by atoms with van der Waals surface area (Å²) in [6, 6.07) is -0.320. The fraction of sp³-hybridized carbons (Fsp3) is 0.824. The predicted molar refractivity (Wildman–Crippen MR) is 91.5 cm³/mol. The first-order chi connectivity index (χ1) is 11.6. The lowest BCUT2D eigenvalue weighted by molar-refractivity contribution is -0.146. The molecule has 0 bridgehead atoms. The standard InChI is InChI=1S/C17H26N2O4S/c20-15(21)9-12-5-7-18(8-6-12)17(23)14-10-24-11-19(14)16(22)13-3-1-2-4-13/h12-14H,1-11H2,(H,20,21). The zero-order valence-electron chi connectivity index (χ0n) is 14.0. The van der Waals surface area contributed by atoms with Gasteiger partial charge in [-0.15, -0.1) is 11.8 Å². The van der Waals surface area contributed by atoms with E-state index in [9.17, 15) is 14.4 Å². The fourth-order valence-corrected chi connectivity index (χ4v) is 5.24. The Kier molecular flexibility index (Phi) is 5.69. The summed E-state index contributed by atoms with van der Waals surface area (Å²) in [4.78, 5) is 40.0. The number of hydrogen-bond acceptors (Lipinski definition) is 4. The van der Waals surface area contributed by atoms with E-state index in [0.717, 1.165) is 38.5 Å². The maximum Gasteiger partial charge on any atom is 0.303 e. The molecule has 1 unspecified atom stereocenters. The molecule has 134 valence electrons. The Hall–Kier alpha value is -1.24. The molecule has 0 spiro atoms. The van der Waals surface area contributed by atoms with Crippen molar-refractivity contribution in [3.8, 4) is 0 Å². The number of carboxylic acid groups (broad SMARTS) is 1. The van der Waals surface area contributed by atoms with Crippen molar-refractivity contribution in [2.75, 3.05) is 24.7 Å². The van der Waals surface area contributed by atoms with Crippen molar-refractivity contribution in [2.24, 2.45) is 11.8 Å². The summed E-state index contributed by atoms with van der Waals surface area (Å²) in [6.07, 6.45) is 5.83. The highest BCUT2D eigenvalue weighted by atomic mass is 32.2. The fourth-order valence-electron chi connectivity index (χ4n) is 4.09. The molecule has 1 N–H and O–H groups in total. The maximum atomic E-state index is 12.9. The van der Waals surface area contributed by atoms with E-state index in [2.05, 4.69) is 0 Å². The molecule has 0 radical (unpaired) electrons. The van der Waals surface area contributed by atoms with Gasteiger partial charge in [0, 0.05) is 31.2 Å². The lowest BCUT2D eigenvalue weighted by Crippen LogP contribution is -2.52. The van der Waals surface area contributed by atoms with Gasteiger partial charge < -0.3 is 14.9 Å². The van der Waals surface area contributed by atoms with Crippen molar-refractivity contribution in [1.29, 1.82) is 0 Å². The molecular weight excluding hydrogens is 328 g/mol. The zero-order valence-corrected chi connectivity index (χ0v) is 14.8. The highest BCUT2D eigenvalue weighted by Crippen LogP contribution is 2.32. The topological polar surface area (TPSA) is 77.9 Å². The first-order valence-electron chi connectivity index (χ1n) is 8.95. The second kappa shape index (κ2) is 7.76. The summed E-state index contributed by atoms with van der Waals surface area (Å²) >= 11 is 1.66. The number of carbonyl (C=O) groups excluding carboxylic acids is 2. The minimum absolute atomic E-state index is 0.0557. The number of carbonyl (C=O) groups is 3. The van der Waals surface area contributed by atoms with E-state index >= 15 is 0 Å². The lowest BCUT2D eigenvalue weighted by Gasteiger charge is -2.35. The first kappa shape index (κ1) is 17.6. The van der Waals surface area contributed by atoms with Gasteiger partial charge in [-0.1, -0.05) is 12.8 Å². The van der Waals surface area contributed by atoms with Crippen LogP contribution in [0.3, 0.4) is 0 Å². The molecule has 1 saturated carbocycles. The van der Waals surface area contributed by atoms with Crippen LogP contribution in [0.4, 0.5) is 0 Å². The number of aliphatic carboxylic acids is 1. The molecule has 3 fully saturated rings. The maximum absolute atomic E-state index is 12.9. The Morgan fingerprint density at radius 3 is 2.29 bits per heavy atom. The normalized spacial score (nSPS) is 26.1. The molecule has 0 aromatic heterocycles. The second-order valence-electron chi connectivity index (χ2n) is 7.17. The van der Waals surface area contributed by atoms with Crippen molar-refractivity contribution in [1.82, 2.24) is 9.80 Å². The minimum atomic E-state index is -0.764. The number of piperidine rings is 1. The summed E-state index contributed by atoms with van der Waals surface area (Å²) in [5.41, 5.74) is 0. The summed E-state index contributed by atoms with van der Waals surface area (Å²) in [5, 5.41) is 8.89. The van der Waals surface area contributed by atoms with Gasteiger partial charge in [0.15, 0.2) is 0 Å². The lowest BCUT2D eigenvalue weighted by atomic mass is 9.93. The Labute approximate surface area is 146 Å². The van der Waals surface area contributed by atoms with Gasteiger partial charge in [-0.3, -0.25) is 14.4 Å². The number of carboxylic acids is 1. The minimum Gasteiger partial charge on any atom is -0.481 e. The quantitative estimate of drug-likeness (QED) is 0.833. The number of hydrogen-bond donors (Lipinski definition) is 1. The van der Waals surface area contributed by atoms with Crippen LogP contribution in [-0.4, -0.2) is 63.5 Å². The van der Waals surface area contributed by atoms with E-state index in [1.807, 2.05) is 4.90 Å². The van der Waals surface area contributed by atoms with Crippen LogP contribution in [0.5, 0.6) is 0 Å². The molecule has 0 aromatic rings. The van der Waals surface area contributed by atoms with Gasteiger partial charge in [-0.2, -0.15) is 0 Å². The van der Waals surface area contributed by atoms with Crippen LogP contribution in [0.15, 0.2) is 0 Å². The Bertz CT molecular complexity index is 499. The second-order valence-corrected chi connectivity index (χ2v) is 8.17. The van der Waals surface area contributed by atoms with Crippen LogP contribution < -0.4 is 0 Å². The van der Waals surface area contributed by atoms with E-state index in [1.54, 1.807) is 16.7 Å². The van der Waals surface area contributed by atoms with Crippen molar-refractivity contribution in [3.63, 3.8) is 0 Å². The van der Waals surface area contributed by atoms with E-state index in [4.69, 9.17) is 5.11 Å². The Balaban J connectivity index is 1.56. The number of nitrogens with zero attached hydrogens (tertiary/aromatic N) is 2. The van der Waals surface area contributed by atoms with Crippen molar-refractivity contribution in [3.05, 3.63) is 0 Å². The number of rotatable bonds is 4. The molecule has 1 atom stereocenters. The largest absolute Gasteiger partial charge is 0.481 e. The smallest absolute Gasteiger partial charge is 0.303 e. The number of likely N-dealkylation sites (tertiary alicyclic amines) is 1. The predicted octanol–water partition coefficient (Wildman–Crippen LogP) is 1.79. The molecule has 2 aliphatic heterocycles. The van der Waals surface area contributed by atoms with Gasteiger partial charge in [0.2, 0.25) is 11.8 Å². The van der Waals surface area contributed by atoms with Gasteiger partial charge in [0.1, 0.15) is 6.04 Å². The summed E-state index contributed by atoms with van der Waals surface area (Å²) in [7, 11) is 0. The molecule has 1 aliphatic carbocycles. The molecule has 3 rings (SSSR count). The third-order valence-electron chi connectivity index (χ3n) is 5.54. The monoisotopic (exact) mass is 354 g/mol. The molecule has 2 heterocycles. The molecule has 6 nitrogen and oxygen atoms in total. The Morgan fingerprint density at radius 1 is 1.00 bits per heavy atom. The third-order valence-corrected chi connectivity index (χ3v) is 6.56. The highest BCUT2D eigenvalue weighted by Gasteiger charge is 2.40. The van der Waals surface area contributed by atoms with Crippen molar-refractivity contribution < 1.29 is 19.5 Å². The Morgan fingerprint density at radius 2 is 1.67 bits per heavy atom. The van der Waals surface area contributed by atoms with E-state index in [-0.39, 0.29) is 36.1 Å². The highest BCUT2D eigenvalue weighted by molar-refractivity contribution is 7.99. The van der Waals surface area contributed by atoms with Gasteiger partial charge in [-0.05, 0) is 31.6 Å².